The third kappa shape index (κ3) is 2.40. The lowest BCUT2D eigenvalue weighted by molar-refractivity contribution is 0.239. The normalized spacial score (nSPS) is 15.9. The Hall–Kier alpha value is -0.980. The molecule has 1 aliphatic carbocycles. The van der Waals surface area contributed by atoms with Crippen LogP contribution in [0.4, 0.5) is 0 Å². The van der Waals surface area contributed by atoms with Crippen LogP contribution in [-0.2, 0) is 0 Å². The maximum Gasteiger partial charge on any atom is 0.123 e. The molecular formula is C15H22O. The first-order valence-electron chi connectivity index (χ1n) is 6.39. The van der Waals surface area contributed by atoms with Crippen LogP contribution >= 0.6 is 0 Å². The molecule has 2 rings (SSSR count). The summed E-state index contributed by atoms with van der Waals surface area (Å²) >= 11 is 0. The van der Waals surface area contributed by atoms with E-state index in [2.05, 4.69) is 45.9 Å². The van der Waals surface area contributed by atoms with E-state index in [1.807, 2.05) is 0 Å². The van der Waals surface area contributed by atoms with Gasteiger partial charge in [0, 0.05) is 5.56 Å². The Bertz CT molecular complexity index is 362. The maximum absolute atomic E-state index is 5.94. The van der Waals surface area contributed by atoms with Gasteiger partial charge in [-0.2, -0.15) is 0 Å². The number of benzene rings is 1. The highest BCUT2D eigenvalue weighted by atomic mass is 16.5. The van der Waals surface area contributed by atoms with E-state index in [4.69, 9.17) is 4.74 Å². The molecule has 0 saturated heterocycles. The second-order valence-corrected chi connectivity index (χ2v) is 5.35. The highest BCUT2D eigenvalue weighted by molar-refractivity contribution is 5.46. The van der Waals surface area contributed by atoms with Gasteiger partial charge in [-0.3, -0.25) is 0 Å². The quantitative estimate of drug-likeness (QED) is 0.724. The molecule has 0 heterocycles. The molecular weight excluding hydrogens is 196 g/mol. The molecule has 0 radical (unpaired) electrons. The molecule has 1 aromatic rings. The summed E-state index contributed by atoms with van der Waals surface area (Å²) in [7, 11) is 0. The molecule has 1 nitrogen and oxygen atoms in total. The predicted octanol–water partition coefficient (Wildman–Crippen LogP) is 4.47. The summed E-state index contributed by atoms with van der Waals surface area (Å²) in [5.41, 5.74) is 2.95. The predicted molar refractivity (Wildman–Crippen MR) is 68.3 cm³/mol. The lowest BCUT2D eigenvalue weighted by atomic mass is 9.93. The van der Waals surface area contributed by atoms with E-state index in [1.54, 1.807) is 0 Å². The maximum atomic E-state index is 5.94. The molecule has 1 heteroatoms. The van der Waals surface area contributed by atoms with Crippen LogP contribution in [-0.4, -0.2) is 6.10 Å². The fourth-order valence-corrected chi connectivity index (χ4v) is 2.23. The Morgan fingerprint density at radius 2 is 1.81 bits per heavy atom. The minimum atomic E-state index is 0.264. The monoisotopic (exact) mass is 218 g/mol. The first-order valence-corrected chi connectivity index (χ1v) is 6.39. The summed E-state index contributed by atoms with van der Waals surface area (Å²) in [6.07, 6.45) is 2.93. The number of rotatable bonds is 4. The van der Waals surface area contributed by atoms with Crippen molar-refractivity contribution in [3.8, 4) is 5.75 Å². The minimum absolute atomic E-state index is 0.264. The highest BCUT2D eigenvalue weighted by Gasteiger charge is 2.30. The molecule has 1 aliphatic rings. The SMILES string of the molecule is CC(C)Oc1cccc(C(C)C)c1C1CC1. The van der Waals surface area contributed by atoms with Crippen LogP contribution in [0.25, 0.3) is 0 Å². The zero-order chi connectivity index (χ0) is 11.7. The largest absolute Gasteiger partial charge is 0.491 e. The van der Waals surface area contributed by atoms with Gasteiger partial charge >= 0.3 is 0 Å². The van der Waals surface area contributed by atoms with E-state index in [9.17, 15) is 0 Å². The Balaban J connectivity index is 2.39. The molecule has 0 N–H and O–H groups in total. The average Bonchev–Trinajstić information content (AvgIpc) is 2.99. The fraction of sp³-hybridized carbons (Fsp3) is 0.600. The van der Waals surface area contributed by atoms with Crippen molar-refractivity contribution >= 4 is 0 Å². The second-order valence-electron chi connectivity index (χ2n) is 5.35. The summed E-state index contributed by atoms with van der Waals surface area (Å²) in [6, 6.07) is 6.50. The number of hydrogen-bond acceptors (Lipinski definition) is 1. The van der Waals surface area contributed by atoms with Crippen LogP contribution in [0, 0.1) is 0 Å². The zero-order valence-electron chi connectivity index (χ0n) is 10.8. The van der Waals surface area contributed by atoms with Gasteiger partial charge in [0.2, 0.25) is 0 Å². The van der Waals surface area contributed by atoms with Crippen LogP contribution in [0.15, 0.2) is 18.2 Å². The molecule has 0 amide bonds. The summed E-state index contributed by atoms with van der Waals surface area (Å²) < 4.78 is 5.94. The third-order valence-corrected chi connectivity index (χ3v) is 3.07. The van der Waals surface area contributed by atoms with Gasteiger partial charge in [0.1, 0.15) is 5.75 Å². The topological polar surface area (TPSA) is 9.23 Å². The van der Waals surface area contributed by atoms with Gasteiger partial charge in [0.25, 0.3) is 0 Å². The van der Waals surface area contributed by atoms with E-state index in [-0.39, 0.29) is 6.10 Å². The van der Waals surface area contributed by atoms with Crippen molar-refractivity contribution in [1.82, 2.24) is 0 Å². The molecule has 0 spiro atoms. The standard InChI is InChI=1S/C15H22O/c1-10(2)13-6-5-7-14(16-11(3)4)15(13)12-8-9-12/h5-7,10-12H,8-9H2,1-4H3. The van der Waals surface area contributed by atoms with Crippen molar-refractivity contribution in [2.75, 3.05) is 0 Å². The molecule has 0 aliphatic heterocycles. The molecule has 0 atom stereocenters. The smallest absolute Gasteiger partial charge is 0.123 e. The zero-order valence-corrected chi connectivity index (χ0v) is 10.8. The lowest BCUT2D eigenvalue weighted by Gasteiger charge is -2.19. The Morgan fingerprint density at radius 3 is 2.31 bits per heavy atom. The van der Waals surface area contributed by atoms with Gasteiger partial charge in [-0.05, 0) is 50.2 Å². The van der Waals surface area contributed by atoms with Gasteiger partial charge in [-0.1, -0.05) is 26.0 Å². The molecule has 1 aromatic carbocycles. The van der Waals surface area contributed by atoms with Crippen molar-refractivity contribution in [1.29, 1.82) is 0 Å². The highest BCUT2D eigenvalue weighted by Crippen LogP contribution is 2.47. The molecule has 0 unspecified atom stereocenters. The van der Waals surface area contributed by atoms with E-state index >= 15 is 0 Å². The summed E-state index contributed by atoms with van der Waals surface area (Å²) in [4.78, 5) is 0. The van der Waals surface area contributed by atoms with Crippen molar-refractivity contribution in [3.05, 3.63) is 29.3 Å². The molecule has 88 valence electrons. The van der Waals surface area contributed by atoms with Crippen LogP contribution in [0.2, 0.25) is 0 Å². The van der Waals surface area contributed by atoms with Gasteiger partial charge < -0.3 is 4.74 Å². The van der Waals surface area contributed by atoms with E-state index in [1.165, 1.54) is 24.0 Å². The molecule has 1 saturated carbocycles. The second kappa shape index (κ2) is 4.48. The average molecular weight is 218 g/mol. The van der Waals surface area contributed by atoms with Crippen LogP contribution in [0.1, 0.15) is 63.5 Å². The first-order chi connectivity index (χ1) is 7.59. The summed E-state index contributed by atoms with van der Waals surface area (Å²) in [6.45, 7) is 8.72. The van der Waals surface area contributed by atoms with E-state index < -0.39 is 0 Å². The van der Waals surface area contributed by atoms with Gasteiger partial charge in [0.05, 0.1) is 6.10 Å². The van der Waals surface area contributed by atoms with Crippen molar-refractivity contribution in [3.63, 3.8) is 0 Å². The van der Waals surface area contributed by atoms with Crippen molar-refractivity contribution in [2.24, 2.45) is 0 Å². The van der Waals surface area contributed by atoms with Crippen LogP contribution < -0.4 is 4.74 Å². The minimum Gasteiger partial charge on any atom is -0.491 e. The third-order valence-electron chi connectivity index (χ3n) is 3.07. The Labute approximate surface area is 98.8 Å². The Morgan fingerprint density at radius 1 is 1.12 bits per heavy atom. The lowest BCUT2D eigenvalue weighted by Crippen LogP contribution is -2.08. The van der Waals surface area contributed by atoms with Crippen molar-refractivity contribution < 1.29 is 4.74 Å². The van der Waals surface area contributed by atoms with Gasteiger partial charge in [-0.15, -0.1) is 0 Å². The fourth-order valence-electron chi connectivity index (χ4n) is 2.23. The van der Waals surface area contributed by atoms with Gasteiger partial charge in [-0.25, -0.2) is 0 Å². The van der Waals surface area contributed by atoms with Crippen LogP contribution in [0.5, 0.6) is 5.75 Å². The van der Waals surface area contributed by atoms with Crippen LogP contribution in [0.3, 0.4) is 0 Å². The molecule has 0 bridgehead atoms. The van der Waals surface area contributed by atoms with Gasteiger partial charge in [0.15, 0.2) is 0 Å². The number of ether oxygens (including phenoxy) is 1. The van der Waals surface area contributed by atoms with E-state index in [0.29, 0.717) is 5.92 Å². The number of hydrogen-bond donors (Lipinski definition) is 0. The summed E-state index contributed by atoms with van der Waals surface area (Å²) in [5, 5.41) is 0. The summed E-state index contributed by atoms with van der Waals surface area (Å²) in [5.74, 6) is 2.46. The van der Waals surface area contributed by atoms with Crippen molar-refractivity contribution in [2.45, 2.75) is 58.5 Å². The first kappa shape index (κ1) is 11.5. The van der Waals surface area contributed by atoms with E-state index in [0.717, 1.165) is 11.7 Å². The molecule has 0 aromatic heterocycles. The Kier molecular flexibility index (Phi) is 3.22. The molecule has 1 fully saturated rings. The molecule has 16 heavy (non-hydrogen) atoms.